The highest BCUT2D eigenvalue weighted by Crippen LogP contribution is 2.25. The molecule has 0 spiro atoms. The molecule has 0 saturated heterocycles. The molecule has 1 aromatic carbocycles. The maximum absolute atomic E-state index is 11.3. The average molecular weight is 281 g/mol. The van der Waals surface area contributed by atoms with Crippen molar-refractivity contribution in [1.29, 1.82) is 0 Å². The van der Waals surface area contributed by atoms with E-state index < -0.39 is 5.97 Å². The molecule has 2 aromatic rings. The van der Waals surface area contributed by atoms with Gasteiger partial charge >= 0.3 is 5.97 Å². The second-order valence-corrected chi connectivity index (χ2v) is 4.33. The molecule has 1 heterocycles. The monoisotopic (exact) mass is 280 g/mol. The average Bonchev–Trinajstić information content (AvgIpc) is 2.86. The second-order valence-electron chi connectivity index (χ2n) is 3.89. The third-order valence-electron chi connectivity index (χ3n) is 2.66. The van der Waals surface area contributed by atoms with Crippen molar-refractivity contribution in [3.05, 3.63) is 52.4 Å². The molecule has 0 bridgehead atoms. The van der Waals surface area contributed by atoms with Gasteiger partial charge in [0, 0.05) is 17.0 Å². The Labute approximate surface area is 115 Å². The van der Waals surface area contributed by atoms with Gasteiger partial charge < -0.3 is 13.9 Å². The first kappa shape index (κ1) is 13.5. The number of carbonyl (C=O) groups is 1. The fourth-order valence-corrected chi connectivity index (χ4v) is 1.95. The number of esters is 1. The summed E-state index contributed by atoms with van der Waals surface area (Å²) >= 11 is 5.96. The van der Waals surface area contributed by atoms with E-state index in [4.69, 9.17) is 20.8 Å². The van der Waals surface area contributed by atoms with Crippen molar-refractivity contribution in [1.82, 2.24) is 0 Å². The number of hydrogen-bond acceptors (Lipinski definition) is 4. The van der Waals surface area contributed by atoms with Crippen molar-refractivity contribution >= 4 is 17.6 Å². The van der Waals surface area contributed by atoms with Crippen LogP contribution in [0.1, 0.15) is 21.9 Å². The number of rotatable bonds is 4. The second kappa shape index (κ2) is 5.80. The van der Waals surface area contributed by atoms with Crippen LogP contribution in [0.5, 0.6) is 5.75 Å². The summed E-state index contributed by atoms with van der Waals surface area (Å²) < 4.78 is 15.2. The van der Waals surface area contributed by atoms with E-state index >= 15 is 0 Å². The smallest absolute Gasteiger partial charge is 0.373 e. The highest BCUT2D eigenvalue weighted by atomic mass is 35.5. The van der Waals surface area contributed by atoms with Gasteiger partial charge in [-0.1, -0.05) is 11.6 Å². The minimum atomic E-state index is -0.496. The zero-order chi connectivity index (χ0) is 13.8. The van der Waals surface area contributed by atoms with Crippen molar-refractivity contribution in [3.63, 3.8) is 0 Å². The van der Waals surface area contributed by atoms with Crippen LogP contribution >= 0.6 is 11.6 Å². The minimum Gasteiger partial charge on any atom is -0.496 e. The van der Waals surface area contributed by atoms with Crippen LogP contribution in [0.3, 0.4) is 0 Å². The molecule has 1 aromatic heterocycles. The molecule has 0 amide bonds. The third-order valence-corrected chi connectivity index (χ3v) is 2.89. The van der Waals surface area contributed by atoms with Gasteiger partial charge in [0.1, 0.15) is 11.5 Å². The number of hydrogen-bond donors (Lipinski definition) is 0. The molecule has 0 atom stereocenters. The summed E-state index contributed by atoms with van der Waals surface area (Å²) in [5, 5.41) is 0.621. The van der Waals surface area contributed by atoms with Gasteiger partial charge in [0.25, 0.3) is 0 Å². The first-order chi connectivity index (χ1) is 9.13. The lowest BCUT2D eigenvalue weighted by Gasteiger charge is -2.07. The molecule has 0 aliphatic carbocycles. The summed E-state index contributed by atoms with van der Waals surface area (Å²) in [5.74, 6) is 1.05. The Hall–Kier alpha value is -1.94. The normalized spacial score (nSPS) is 10.3. The Morgan fingerprint density at radius 3 is 2.74 bits per heavy atom. The fraction of sp³-hybridized carbons (Fsp3) is 0.214. The molecule has 5 heteroatoms. The minimum absolute atomic E-state index is 0.179. The standard InChI is InChI=1S/C14H13ClO4/c1-17-12-5-3-10(15)7-9(12)8-11-4-6-13(19-11)14(16)18-2/h3-7H,8H2,1-2H3. The van der Waals surface area contributed by atoms with Crippen molar-refractivity contribution in [2.45, 2.75) is 6.42 Å². The van der Waals surface area contributed by atoms with Gasteiger partial charge in [-0.25, -0.2) is 4.79 Å². The van der Waals surface area contributed by atoms with E-state index in [1.165, 1.54) is 7.11 Å². The lowest BCUT2D eigenvalue weighted by molar-refractivity contribution is 0.0563. The molecular formula is C14H13ClO4. The van der Waals surface area contributed by atoms with Crippen LogP contribution in [0.15, 0.2) is 34.7 Å². The van der Waals surface area contributed by atoms with E-state index in [9.17, 15) is 4.79 Å². The lowest BCUT2D eigenvalue weighted by Crippen LogP contribution is -1.98. The van der Waals surface area contributed by atoms with Gasteiger partial charge in [0.15, 0.2) is 0 Å². The van der Waals surface area contributed by atoms with E-state index in [-0.39, 0.29) is 5.76 Å². The molecule has 0 aliphatic heterocycles. The lowest BCUT2D eigenvalue weighted by atomic mass is 10.1. The molecule has 0 unspecified atom stereocenters. The molecule has 0 aliphatic rings. The van der Waals surface area contributed by atoms with E-state index in [2.05, 4.69) is 4.74 Å². The Kier molecular flexibility index (Phi) is 4.12. The van der Waals surface area contributed by atoms with Gasteiger partial charge in [-0.05, 0) is 30.3 Å². The molecule has 19 heavy (non-hydrogen) atoms. The van der Waals surface area contributed by atoms with Crippen LogP contribution < -0.4 is 4.74 Å². The molecular weight excluding hydrogens is 268 g/mol. The number of carbonyl (C=O) groups excluding carboxylic acids is 1. The van der Waals surface area contributed by atoms with Gasteiger partial charge in [-0.15, -0.1) is 0 Å². The summed E-state index contributed by atoms with van der Waals surface area (Å²) in [4.78, 5) is 11.3. The van der Waals surface area contributed by atoms with Crippen molar-refractivity contribution in [3.8, 4) is 5.75 Å². The summed E-state index contributed by atoms with van der Waals surface area (Å²) in [6, 6.07) is 8.67. The predicted octanol–water partition coefficient (Wildman–Crippen LogP) is 3.32. The van der Waals surface area contributed by atoms with Crippen LogP contribution in [-0.4, -0.2) is 20.2 Å². The largest absolute Gasteiger partial charge is 0.496 e. The predicted molar refractivity (Wildman–Crippen MR) is 70.9 cm³/mol. The SMILES string of the molecule is COC(=O)c1ccc(Cc2cc(Cl)ccc2OC)o1. The van der Waals surface area contributed by atoms with E-state index in [1.54, 1.807) is 37.4 Å². The third kappa shape index (κ3) is 3.09. The first-order valence-corrected chi connectivity index (χ1v) is 6.01. The van der Waals surface area contributed by atoms with Crippen LogP contribution in [-0.2, 0) is 11.2 Å². The Morgan fingerprint density at radius 2 is 2.05 bits per heavy atom. The number of furan rings is 1. The topological polar surface area (TPSA) is 48.7 Å². The highest BCUT2D eigenvalue weighted by molar-refractivity contribution is 6.30. The molecule has 0 fully saturated rings. The summed E-state index contributed by atoms with van der Waals surface area (Å²) in [6.07, 6.45) is 0.487. The molecule has 0 radical (unpaired) electrons. The molecule has 0 N–H and O–H groups in total. The molecule has 100 valence electrons. The number of ether oxygens (including phenoxy) is 2. The Morgan fingerprint density at radius 1 is 1.26 bits per heavy atom. The summed E-state index contributed by atoms with van der Waals surface area (Å²) in [7, 11) is 2.90. The molecule has 0 saturated carbocycles. The quantitative estimate of drug-likeness (QED) is 0.806. The summed E-state index contributed by atoms with van der Waals surface area (Å²) in [5.41, 5.74) is 0.890. The van der Waals surface area contributed by atoms with Gasteiger partial charge in [0.2, 0.25) is 5.76 Å². The zero-order valence-corrected chi connectivity index (χ0v) is 11.4. The van der Waals surface area contributed by atoms with E-state index in [0.717, 1.165) is 11.3 Å². The van der Waals surface area contributed by atoms with Crippen molar-refractivity contribution < 1.29 is 18.7 Å². The van der Waals surface area contributed by atoms with Crippen LogP contribution in [0.4, 0.5) is 0 Å². The maximum Gasteiger partial charge on any atom is 0.373 e. The van der Waals surface area contributed by atoms with Crippen LogP contribution in [0, 0.1) is 0 Å². The fourth-order valence-electron chi connectivity index (χ4n) is 1.76. The number of methoxy groups -OCH3 is 2. The Balaban J connectivity index is 2.23. The first-order valence-electron chi connectivity index (χ1n) is 5.63. The van der Waals surface area contributed by atoms with Crippen molar-refractivity contribution in [2.24, 2.45) is 0 Å². The molecule has 2 rings (SSSR count). The zero-order valence-electron chi connectivity index (χ0n) is 10.6. The van der Waals surface area contributed by atoms with Crippen molar-refractivity contribution in [2.75, 3.05) is 14.2 Å². The van der Waals surface area contributed by atoms with E-state index in [0.29, 0.717) is 17.2 Å². The number of benzene rings is 1. The van der Waals surface area contributed by atoms with Gasteiger partial charge in [-0.3, -0.25) is 0 Å². The van der Waals surface area contributed by atoms with Crippen LogP contribution in [0.25, 0.3) is 0 Å². The van der Waals surface area contributed by atoms with Crippen LogP contribution in [0.2, 0.25) is 5.02 Å². The maximum atomic E-state index is 11.3. The summed E-state index contributed by atoms with van der Waals surface area (Å²) in [6.45, 7) is 0. The van der Waals surface area contributed by atoms with Gasteiger partial charge in [0.05, 0.1) is 14.2 Å². The Bertz CT molecular complexity index is 589. The number of halogens is 1. The van der Waals surface area contributed by atoms with E-state index in [1.807, 2.05) is 0 Å². The van der Waals surface area contributed by atoms with Gasteiger partial charge in [-0.2, -0.15) is 0 Å². The highest BCUT2D eigenvalue weighted by Gasteiger charge is 2.13. The molecule has 4 nitrogen and oxygen atoms in total.